The molecule has 0 bridgehead atoms. The zero-order valence-corrected chi connectivity index (χ0v) is 10.3. The van der Waals surface area contributed by atoms with Gasteiger partial charge < -0.3 is 14.8 Å². The predicted molar refractivity (Wildman–Crippen MR) is 60.4 cm³/mol. The predicted octanol–water partition coefficient (Wildman–Crippen LogP) is -0.563. The number of esters is 1. The molecular formula is C10H10N2O5S. The lowest BCUT2D eigenvalue weighted by Gasteiger charge is -2.48. The summed E-state index contributed by atoms with van der Waals surface area (Å²) in [5.74, 6) is -0.126. The monoisotopic (exact) mass is 270 g/mol. The zero-order valence-electron chi connectivity index (χ0n) is 9.47. The van der Waals surface area contributed by atoms with Crippen LogP contribution in [0.5, 0.6) is 0 Å². The number of cyclic esters (lactones) is 1. The Kier molecular flexibility index (Phi) is 2.47. The quantitative estimate of drug-likeness (QED) is 0.508. The van der Waals surface area contributed by atoms with E-state index >= 15 is 0 Å². The summed E-state index contributed by atoms with van der Waals surface area (Å²) in [7, 11) is 1.24. The van der Waals surface area contributed by atoms with Crippen molar-refractivity contribution in [2.24, 2.45) is 0 Å². The Morgan fingerprint density at radius 2 is 2.33 bits per heavy atom. The van der Waals surface area contributed by atoms with Crippen molar-refractivity contribution in [2.45, 2.75) is 11.4 Å². The molecule has 1 N–H and O–H groups in total. The number of nitrogens with zero attached hydrogens (tertiary/aromatic N) is 1. The molecule has 3 aliphatic rings. The second-order valence-electron chi connectivity index (χ2n) is 4.05. The Morgan fingerprint density at radius 1 is 1.56 bits per heavy atom. The van der Waals surface area contributed by atoms with Crippen LogP contribution in [0.15, 0.2) is 11.3 Å². The molecule has 3 aliphatic heterocycles. The summed E-state index contributed by atoms with van der Waals surface area (Å²) < 4.78 is 9.36. The van der Waals surface area contributed by atoms with E-state index in [4.69, 9.17) is 4.74 Å². The van der Waals surface area contributed by atoms with E-state index in [9.17, 15) is 14.4 Å². The van der Waals surface area contributed by atoms with E-state index in [1.54, 1.807) is 0 Å². The van der Waals surface area contributed by atoms with Gasteiger partial charge in [0.1, 0.15) is 23.7 Å². The summed E-state index contributed by atoms with van der Waals surface area (Å²) in [4.78, 5) is 36.0. The van der Waals surface area contributed by atoms with Crippen molar-refractivity contribution in [3.8, 4) is 0 Å². The maximum Gasteiger partial charge on any atom is 0.407 e. The molecule has 1 saturated heterocycles. The molecule has 7 nitrogen and oxygen atoms in total. The van der Waals surface area contributed by atoms with Gasteiger partial charge in [-0.25, -0.2) is 9.59 Å². The van der Waals surface area contributed by atoms with Gasteiger partial charge in [-0.3, -0.25) is 9.69 Å². The average Bonchev–Trinajstić information content (AvgIpc) is 2.75. The molecule has 0 aromatic carbocycles. The minimum absolute atomic E-state index is 0.249. The molecule has 3 rings (SSSR count). The van der Waals surface area contributed by atoms with Crippen molar-refractivity contribution in [3.05, 3.63) is 11.3 Å². The van der Waals surface area contributed by atoms with Crippen molar-refractivity contribution < 1.29 is 23.9 Å². The molecule has 2 atom stereocenters. The highest BCUT2D eigenvalue weighted by molar-refractivity contribution is 8.00. The van der Waals surface area contributed by atoms with Gasteiger partial charge in [-0.05, 0) is 0 Å². The number of alkyl carbamates (subject to hydrolysis) is 1. The van der Waals surface area contributed by atoms with Crippen molar-refractivity contribution >= 4 is 29.7 Å². The van der Waals surface area contributed by atoms with Gasteiger partial charge in [0, 0.05) is 11.3 Å². The number of thioether (sulfide) groups is 1. The number of hydrogen-bond acceptors (Lipinski definition) is 6. The molecule has 2 amide bonds. The van der Waals surface area contributed by atoms with Crippen molar-refractivity contribution in [1.82, 2.24) is 10.2 Å². The lowest BCUT2D eigenvalue weighted by molar-refractivity contribution is -0.149. The highest BCUT2D eigenvalue weighted by Crippen LogP contribution is 2.42. The third-order valence-electron chi connectivity index (χ3n) is 3.08. The molecule has 0 saturated carbocycles. The fourth-order valence-corrected chi connectivity index (χ4v) is 3.52. The molecule has 3 heterocycles. The van der Waals surface area contributed by atoms with Gasteiger partial charge in [0.05, 0.1) is 7.11 Å². The summed E-state index contributed by atoms with van der Waals surface area (Å²) in [6.07, 6.45) is -0.651. The summed E-state index contributed by atoms with van der Waals surface area (Å²) in [5.41, 5.74) is 1.19. The molecule has 1 fully saturated rings. The number of carbonyl (C=O) groups is 3. The van der Waals surface area contributed by atoms with Crippen LogP contribution >= 0.6 is 11.8 Å². The number of nitrogens with one attached hydrogen (secondary N) is 1. The molecule has 0 spiro atoms. The lowest BCUT2D eigenvalue weighted by atomic mass is 10.0. The maximum absolute atomic E-state index is 11.9. The number of rotatable bonds is 1. The van der Waals surface area contributed by atoms with E-state index < -0.39 is 18.1 Å². The zero-order chi connectivity index (χ0) is 12.9. The lowest BCUT2D eigenvalue weighted by Crippen LogP contribution is -2.70. The maximum atomic E-state index is 11.9. The van der Waals surface area contributed by atoms with Gasteiger partial charge in [0.25, 0.3) is 5.91 Å². The normalized spacial score (nSPS) is 29.3. The minimum atomic E-state index is -0.651. The largest absolute Gasteiger partial charge is 0.456 e. The van der Waals surface area contributed by atoms with Crippen molar-refractivity contribution in [1.29, 1.82) is 0 Å². The second-order valence-corrected chi connectivity index (χ2v) is 5.16. The molecule has 96 valence electrons. The summed E-state index contributed by atoms with van der Waals surface area (Å²) in [5, 5.41) is 2.21. The third-order valence-corrected chi connectivity index (χ3v) is 4.42. The number of carbonyl (C=O) groups excluding carboxylic acids is 3. The number of β-lactam (4-membered cyclic amide) rings is 1. The minimum Gasteiger partial charge on any atom is -0.456 e. The van der Waals surface area contributed by atoms with Crippen molar-refractivity contribution in [3.63, 3.8) is 0 Å². The highest BCUT2D eigenvalue weighted by Gasteiger charge is 2.55. The van der Waals surface area contributed by atoms with Gasteiger partial charge >= 0.3 is 12.1 Å². The van der Waals surface area contributed by atoms with Crippen LogP contribution in [-0.4, -0.2) is 53.8 Å². The SMILES string of the molecule is COC(=O)NC1C(=O)N2C3=C(COC3=O)CSC12. The fraction of sp³-hybridized carbons (Fsp3) is 0.500. The van der Waals surface area contributed by atoms with E-state index in [0.717, 1.165) is 5.57 Å². The Morgan fingerprint density at radius 3 is 3.06 bits per heavy atom. The van der Waals surface area contributed by atoms with Crippen LogP contribution < -0.4 is 5.32 Å². The van der Waals surface area contributed by atoms with Gasteiger partial charge in [0.2, 0.25) is 0 Å². The molecular weight excluding hydrogens is 260 g/mol. The average molecular weight is 270 g/mol. The van der Waals surface area contributed by atoms with Crippen molar-refractivity contribution in [2.75, 3.05) is 19.5 Å². The fourth-order valence-electron chi connectivity index (χ4n) is 2.19. The Balaban J connectivity index is 1.80. The van der Waals surface area contributed by atoms with Gasteiger partial charge in [0.15, 0.2) is 0 Å². The van der Waals surface area contributed by atoms with E-state index in [0.29, 0.717) is 11.4 Å². The summed E-state index contributed by atoms with van der Waals surface area (Å²) in [6, 6.07) is -0.634. The molecule has 2 unspecified atom stereocenters. The number of methoxy groups -OCH3 is 1. The van der Waals surface area contributed by atoms with Gasteiger partial charge in [-0.15, -0.1) is 11.8 Å². The van der Waals surface area contributed by atoms with Crippen LogP contribution in [-0.2, 0) is 19.1 Å². The van der Waals surface area contributed by atoms with Crippen LogP contribution in [0.2, 0.25) is 0 Å². The molecule has 0 radical (unpaired) electrons. The Bertz CT molecular complexity index is 489. The molecule has 0 aliphatic carbocycles. The van der Waals surface area contributed by atoms with Crippen LogP contribution in [0.1, 0.15) is 0 Å². The van der Waals surface area contributed by atoms with E-state index in [1.807, 2.05) is 0 Å². The first kappa shape index (κ1) is 11.4. The van der Waals surface area contributed by atoms with Crippen LogP contribution in [0.4, 0.5) is 4.79 Å². The first-order valence-electron chi connectivity index (χ1n) is 5.32. The molecule has 0 aromatic rings. The first-order chi connectivity index (χ1) is 8.63. The van der Waals surface area contributed by atoms with Crippen LogP contribution in [0.25, 0.3) is 0 Å². The van der Waals surface area contributed by atoms with E-state index in [2.05, 4.69) is 10.1 Å². The standard InChI is InChI=1S/C10H10N2O5S/c1-16-10(15)11-5-7(13)12-6-4(2-17-9(6)14)3-18-8(5)12/h5,8H,2-3H2,1H3,(H,11,15). The highest BCUT2D eigenvalue weighted by atomic mass is 32.2. The van der Waals surface area contributed by atoms with Gasteiger partial charge in [-0.1, -0.05) is 0 Å². The third kappa shape index (κ3) is 1.41. The summed E-state index contributed by atoms with van der Waals surface area (Å²) >= 11 is 1.50. The smallest absolute Gasteiger partial charge is 0.407 e. The number of ether oxygens (including phenoxy) is 2. The number of amides is 2. The topological polar surface area (TPSA) is 84.9 Å². The number of fused-ring (bicyclic) bond motifs is 2. The van der Waals surface area contributed by atoms with Crippen LogP contribution in [0.3, 0.4) is 0 Å². The van der Waals surface area contributed by atoms with E-state index in [1.165, 1.54) is 23.8 Å². The first-order valence-corrected chi connectivity index (χ1v) is 6.36. The summed E-state index contributed by atoms with van der Waals surface area (Å²) in [6.45, 7) is 0.257. The molecule has 8 heteroatoms. The van der Waals surface area contributed by atoms with Crippen LogP contribution in [0, 0.1) is 0 Å². The second kappa shape index (κ2) is 3.91. The Hall–Kier alpha value is -1.70. The molecule has 18 heavy (non-hydrogen) atoms. The van der Waals surface area contributed by atoms with Gasteiger partial charge in [-0.2, -0.15) is 0 Å². The Labute approximate surface area is 106 Å². The molecule has 0 aromatic heterocycles. The number of hydrogen-bond donors (Lipinski definition) is 1. The van der Waals surface area contributed by atoms with E-state index in [-0.39, 0.29) is 17.9 Å².